The summed E-state index contributed by atoms with van der Waals surface area (Å²) in [5.41, 5.74) is 0. The fraction of sp³-hybridized carbons (Fsp3) is 0.821. The molecule has 0 saturated heterocycles. The fourth-order valence-corrected chi connectivity index (χ4v) is 6.96. The highest BCUT2D eigenvalue weighted by molar-refractivity contribution is 7.16. The van der Waals surface area contributed by atoms with Gasteiger partial charge in [-0.25, -0.2) is 0 Å². The number of aliphatic hydroxyl groups is 8. The van der Waals surface area contributed by atoms with Gasteiger partial charge in [0.05, 0.1) is 133 Å². The van der Waals surface area contributed by atoms with Gasteiger partial charge in [-0.2, -0.15) is 0 Å². The third kappa shape index (κ3) is 51.8. The highest BCUT2D eigenvalue weighted by Gasteiger charge is 2.28. The van der Waals surface area contributed by atoms with Gasteiger partial charge in [-0.15, -0.1) is 0 Å². The van der Waals surface area contributed by atoms with Gasteiger partial charge in [0, 0.05) is 27.1 Å². The number of nitrogens with one attached hydrogen (secondary N) is 2. The van der Waals surface area contributed by atoms with Crippen molar-refractivity contribution in [3.8, 4) is 0 Å². The summed E-state index contributed by atoms with van der Waals surface area (Å²) in [6, 6.07) is 0. The van der Waals surface area contributed by atoms with Crippen molar-refractivity contribution >= 4 is 78.0 Å². The number of rotatable bonds is 62. The average Bonchev–Trinajstić information content (AvgIpc) is 0.978. The molecule has 2 amide bonds. The molecule has 0 aliphatic heterocycles. The van der Waals surface area contributed by atoms with Crippen LogP contribution in [0.25, 0.3) is 0 Å². The van der Waals surface area contributed by atoms with Crippen molar-refractivity contribution in [3.05, 3.63) is 0 Å². The second-order valence-corrected chi connectivity index (χ2v) is 20.1. The first kappa shape index (κ1) is 90.8. The Morgan fingerprint density at radius 3 is 0.939 bits per heavy atom. The zero-order valence-electron chi connectivity index (χ0n) is 56.9. The largest absolute Gasteiger partial charge is 0.481 e. The van der Waals surface area contributed by atoms with Gasteiger partial charge >= 0.3 is 47.8 Å². The summed E-state index contributed by atoms with van der Waals surface area (Å²) in [5.74, 6) is -8.78. The second-order valence-electron chi connectivity index (χ2n) is 19.5. The molecule has 0 fully saturated rings. The smallest absolute Gasteiger partial charge is 0.325 e. The maximum atomic E-state index is 12.4. The Labute approximate surface area is 572 Å². The van der Waals surface area contributed by atoms with Crippen LogP contribution in [0.4, 0.5) is 0 Å². The van der Waals surface area contributed by atoms with Gasteiger partial charge in [-0.05, 0) is 12.8 Å². The second kappa shape index (κ2) is 61.6. The van der Waals surface area contributed by atoms with Crippen LogP contribution in [0.1, 0.15) is 80.8 Å². The predicted molar refractivity (Wildman–Crippen MR) is 330 cm³/mol. The number of hydrogen-bond acceptors (Lipinski definition) is 36. The van der Waals surface area contributed by atoms with Crippen LogP contribution in [0, 0.1) is 0 Å². The molecule has 0 aliphatic carbocycles. The van der Waals surface area contributed by atoms with Gasteiger partial charge in [0.25, 0.3) is 0 Å². The molecule has 0 radical (unpaired) electrons. The van der Waals surface area contributed by atoms with Gasteiger partial charge in [0.1, 0.15) is 76.6 Å². The molecule has 0 heterocycles. The Morgan fingerprint density at radius 1 is 0.337 bits per heavy atom. The average molecular weight is 1480 g/mol. The summed E-state index contributed by atoms with van der Waals surface area (Å²) in [5, 5.41) is 98.9. The van der Waals surface area contributed by atoms with E-state index in [-0.39, 0.29) is 32.5 Å². The highest BCUT2D eigenvalue weighted by Crippen LogP contribution is 2.15. The van der Waals surface area contributed by atoms with Gasteiger partial charge in [-0.1, -0.05) is 32.3 Å². The number of carbonyl (C=O) groups excluding carboxylic acids is 8. The first-order valence-corrected chi connectivity index (χ1v) is 31.6. The van der Waals surface area contributed by atoms with Crippen LogP contribution in [0.15, 0.2) is 0 Å². The summed E-state index contributed by atoms with van der Waals surface area (Å²) < 4.78 is 109. The van der Waals surface area contributed by atoms with Crippen LogP contribution in [0.2, 0.25) is 0 Å². The SMILES string of the molecule is [3H]C(P)OC(=O)CNC(=O)CCC(=O)OCC(COC(CO)OC(CC)COC(=O)CCC(=O)O)OC(CO)OCC(CO)OC(CO)OC.[3H]C(P)OC(=O)CNC(=O)CCC(=O)OCC(OCC(CO)OC(CO)OC)OC(CO)COC(COC(=O)CCC(=O)O)OC(CC)CO. The molecule has 0 aliphatic rings. The lowest BCUT2D eigenvalue weighted by molar-refractivity contribution is -0.254. The summed E-state index contributed by atoms with van der Waals surface area (Å²) in [4.78, 5) is 117. The van der Waals surface area contributed by atoms with E-state index >= 15 is 0 Å². The summed E-state index contributed by atoms with van der Waals surface area (Å²) in [6.45, 7) is -5.81. The van der Waals surface area contributed by atoms with Crippen LogP contribution in [-0.2, 0) is 133 Å². The number of aliphatic hydroxyl groups excluding tert-OH is 8. The first-order valence-electron chi connectivity index (χ1n) is 31.4. The molecule has 98 heavy (non-hydrogen) atoms. The minimum Gasteiger partial charge on any atom is -0.481 e. The monoisotopic (exact) mass is 1470 g/mol. The van der Waals surface area contributed by atoms with E-state index in [4.69, 9.17) is 88.7 Å². The molecular weight excluding hydrogens is 1370 g/mol. The van der Waals surface area contributed by atoms with E-state index in [1.54, 1.807) is 13.8 Å². The molecule has 572 valence electrons. The molecule has 42 heteroatoms. The van der Waals surface area contributed by atoms with E-state index in [0.29, 0.717) is 12.8 Å². The Bertz CT molecular complexity index is 2190. The maximum absolute atomic E-state index is 12.4. The zero-order valence-corrected chi connectivity index (χ0v) is 57.2. The van der Waals surface area contributed by atoms with Crippen molar-refractivity contribution < 1.29 is 187 Å². The predicted octanol–water partition coefficient (Wildman–Crippen LogP) is -5.20. The third-order valence-electron chi connectivity index (χ3n) is 11.9. The van der Waals surface area contributed by atoms with Crippen molar-refractivity contribution in [2.24, 2.45) is 0 Å². The molecule has 40 nitrogen and oxygen atoms in total. The van der Waals surface area contributed by atoms with Crippen LogP contribution >= 0.6 is 18.5 Å². The minimum atomic E-state index is -1.44. The van der Waals surface area contributed by atoms with Gasteiger partial charge < -0.3 is 147 Å². The summed E-state index contributed by atoms with van der Waals surface area (Å²) >= 11 is 0. The first-order chi connectivity index (χ1) is 47.6. The number of carboxylic acids is 2. The number of esters is 6. The number of ether oxygens (including phenoxy) is 18. The lowest BCUT2D eigenvalue weighted by atomic mass is 10.3. The molecule has 0 bridgehead atoms. The van der Waals surface area contributed by atoms with Gasteiger partial charge in [0.15, 0.2) is 37.7 Å². The molecular formula is C56H100N2O38P2. The van der Waals surface area contributed by atoms with Gasteiger partial charge in [0.2, 0.25) is 11.8 Å². The zero-order chi connectivity index (χ0) is 75.8. The van der Waals surface area contributed by atoms with Crippen LogP contribution in [0.3, 0.4) is 0 Å². The highest BCUT2D eigenvalue weighted by atomic mass is 31.0. The van der Waals surface area contributed by atoms with Crippen molar-refractivity contribution in [2.75, 3.05) is 146 Å². The Morgan fingerprint density at radius 2 is 0.622 bits per heavy atom. The Balaban J connectivity index is 0. The van der Waals surface area contributed by atoms with E-state index < -0.39 is 284 Å². The number of aliphatic carboxylic acids is 2. The molecule has 0 aromatic rings. The lowest BCUT2D eigenvalue weighted by Crippen LogP contribution is -2.40. The quantitative estimate of drug-likeness (QED) is 0.0117. The topological polar surface area (TPSA) is 563 Å². The standard InChI is InChI=1S/2C28H50NO19P/c1-3-18(13-41-24(38)7-5-22(35)36)46-27(11-32)44-16-20(15-42-23(37)6-4-21(34)29-8-25(39)45-17-49)48-28(12-33)43-14-19(9-30)47-26(10-31)40-2;1-3-18(9-30)46-27(15-42-24(38)7-5-22(35)36)43-14-20(11-32)48-28(44-13-19(10-31)47-26(12-33)40-2)16-41-23(37)6-4-21(34)29-8-25(39)45-17-49/h2*18-20,26-28,30-33H,3-17,49H2,1-2H3,(H,29,34)(H,35,36)/i2*17T. The van der Waals surface area contributed by atoms with Crippen molar-refractivity contribution in [3.63, 3.8) is 0 Å². The van der Waals surface area contributed by atoms with E-state index in [1.165, 1.54) is 14.2 Å². The molecule has 16 unspecified atom stereocenters. The van der Waals surface area contributed by atoms with Crippen LogP contribution < -0.4 is 10.6 Å². The number of amides is 2. The van der Waals surface area contributed by atoms with Crippen molar-refractivity contribution in [2.45, 2.75) is 152 Å². The minimum absolute atomic E-state index is 0.266. The lowest BCUT2D eigenvalue weighted by Gasteiger charge is -2.28. The van der Waals surface area contributed by atoms with Crippen LogP contribution in [0.5, 0.6) is 0 Å². The van der Waals surface area contributed by atoms with Crippen LogP contribution in [-0.4, -0.2) is 331 Å². The normalized spacial score (nSPS) is 15.9. The van der Waals surface area contributed by atoms with Gasteiger partial charge in [-0.3, -0.25) is 47.9 Å². The van der Waals surface area contributed by atoms with E-state index in [1.807, 2.05) is 18.5 Å². The number of methoxy groups -OCH3 is 2. The molecule has 0 rings (SSSR count). The van der Waals surface area contributed by atoms with Crippen molar-refractivity contribution in [1.82, 2.24) is 10.6 Å². The Hall–Kier alpha value is -5.24. The van der Waals surface area contributed by atoms with Crippen molar-refractivity contribution in [1.29, 1.82) is 0 Å². The van der Waals surface area contributed by atoms with E-state index in [2.05, 4.69) is 20.1 Å². The molecule has 0 saturated carbocycles. The maximum Gasteiger partial charge on any atom is 0.325 e. The molecule has 0 aromatic heterocycles. The molecule has 12 N–H and O–H groups in total. The third-order valence-corrected chi connectivity index (χ3v) is 12.1. The summed E-state index contributed by atoms with van der Waals surface area (Å²) in [7, 11) is 6.39. The molecule has 0 spiro atoms. The Kier molecular flexibility index (Phi) is 57.1. The van der Waals surface area contributed by atoms with E-state index in [9.17, 15) is 88.8 Å². The number of hydrogen-bond donors (Lipinski definition) is 12. The molecule has 16 atom stereocenters. The number of carbonyl (C=O) groups is 10. The number of carboxylic acid groups (broad SMARTS) is 2. The van der Waals surface area contributed by atoms with E-state index in [0.717, 1.165) is 0 Å². The molecule has 0 aromatic carbocycles. The summed E-state index contributed by atoms with van der Waals surface area (Å²) in [6.07, 6.45) is -18.5. The fourth-order valence-electron chi connectivity index (χ4n) is 6.65.